The number of benzene rings is 1. The molecule has 1 aromatic carbocycles. The summed E-state index contributed by atoms with van der Waals surface area (Å²) in [5.41, 5.74) is 9.05. The Balaban J connectivity index is 2.49. The predicted octanol–water partition coefficient (Wildman–Crippen LogP) is 2.28. The Morgan fingerprint density at radius 2 is 2.11 bits per heavy atom. The fourth-order valence-electron chi connectivity index (χ4n) is 1.81. The molecular weight excluding hydrogens is 226 g/mol. The number of nitrogens with zero attached hydrogens (tertiary/aromatic N) is 1. The first-order chi connectivity index (χ1) is 8.60. The molecular formula is C14H17N3O. The fraction of sp³-hybridized carbons (Fsp3) is 0.286. The Hall–Kier alpha value is -2.10. The van der Waals surface area contributed by atoms with E-state index in [-0.39, 0.29) is 5.56 Å². The summed E-state index contributed by atoms with van der Waals surface area (Å²) in [7, 11) is 0. The van der Waals surface area contributed by atoms with Gasteiger partial charge in [0.25, 0.3) is 5.56 Å². The van der Waals surface area contributed by atoms with E-state index in [9.17, 15) is 4.79 Å². The van der Waals surface area contributed by atoms with Gasteiger partial charge < -0.3 is 10.7 Å². The van der Waals surface area contributed by atoms with E-state index >= 15 is 0 Å². The van der Waals surface area contributed by atoms with Crippen molar-refractivity contribution in [1.82, 2.24) is 9.97 Å². The molecule has 2 rings (SSSR count). The van der Waals surface area contributed by atoms with E-state index < -0.39 is 0 Å². The minimum absolute atomic E-state index is 0.123. The van der Waals surface area contributed by atoms with E-state index in [4.69, 9.17) is 5.73 Å². The van der Waals surface area contributed by atoms with E-state index in [1.54, 1.807) is 0 Å². The van der Waals surface area contributed by atoms with E-state index in [0.717, 1.165) is 29.8 Å². The van der Waals surface area contributed by atoms with Crippen molar-refractivity contribution in [3.05, 3.63) is 46.0 Å². The van der Waals surface area contributed by atoms with Crippen LogP contribution in [0.1, 0.15) is 24.7 Å². The SMILES string of the molecule is CCCc1nc(-c2ccc(C)c(N)c2)cc(=O)[nH]1. The van der Waals surface area contributed by atoms with Gasteiger partial charge in [-0.05, 0) is 25.0 Å². The quantitative estimate of drug-likeness (QED) is 0.812. The summed E-state index contributed by atoms with van der Waals surface area (Å²) in [6, 6.07) is 7.23. The Morgan fingerprint density at radius 1 is 1.33 bits per heavy atom. The zero-order valence-corrected chi connectivity index (χ0v) is 10.7. The number of rotatable bonds is 3. The molecule has 0 saturated carbocycles. The highest BCUT2D eigenvalue weighted by molar-refractivity contribution is 5.65. The largest absolute Gasteiger partial charge is 0.398 e. The molecule has 0 fully saturated rings. The average Bonchev–Trinajstić information content (AvgIpc) is 2.32. The Labute approximate surface area is 106 Å². The molecule has 0 atom stereocenters. The van der Waals surface area contributed by atoms with Crippen LogP contribution in [0, 0.1) is 6.92 Å². The van der Waals surface area contributed by atoms with Gasteiger partial charge in [-0.2, -0.15) is 0 Å². The topological polar surface area (TPSA) is 71.8 Å². The molecule has 0 aliphatic rings. The summed E-state index contributed by atoms with van der Waals surface area (Å²) in [5, 5.41) is 0. The summed E-state index contributed by atoms with van der Waals surface area (Å²) in [5.74, 6) is 0.721. The maximum absolute atomic E-state index is 11.6. The molecule has 18 heavy (non-hydrogen) atoms. The third-order valence-electron chi connectivity index (χ3n) is 2.85. The van der Waals surface area contributed by atoms with E-state index in [1.807, 2.05) is 25.1 Å². The fourth-order valence-corrected chi connectivity index (χ4v) is 1.81. The Kier molecular flexibility index (Phi) is 3.46. The summed E-state index contributed by atoms with van der Waals surface area (Å²) in [4.78, 5) is 18.8. The zero-order chi connectivity index (χ0) is 13.1. The van der Waals surface area contributed by atoms with Crippen LogP contribution in [-0.4, -0.2) is 9.97 Å². The molecule has 0 amide bonds. The standard InChI is InChI=1S/C14H17N3O/c1-3-4-13-16-12(8-14(18)17-13)10-6-5-9(2)11(15)7-10/h5-8H,3-4,15H2,1-2H3,(H,16,17,18). The van der Waals surface area contributed by atoms with Crippen molar-refractivity contribution >= 4 is 5.69 Å². The first kappa shape index (κ1) is 12.4. The third kappa shape index (κ3) is 2.59. The van der Waals surface area contributed by atoms with Gasteiger partial charge in [-0.1, -0.05) is 19.1 Å². The number of hydrogen-bond acceptors (Lipinski definition) is 3. The lowest BCUT2D eigenvalue weighted by atomic mass is 10.1. The molecule has 4 nitrogen and oxygen atoms in total. The van der Waals surface area contributed by atoms with Crippen LogP contribution in [-0.2, 0) is 6.42 Å². The summed E-state index contributed by atoms with van der Waals surface area (Å²) in [6.07, 6.45) is 1.72. The number of aromatic nitrogens is 2. The van der Waals surface area contributed by atoms with Crippen molar-refractivity contribution in [1.29, 1.82) is 0 Å². The van der Waals surface area contributed by atoms with Crippen LogP contribution >= 0.6 is 0 Å². The molecule has 0 aliphatic heterocycles. The lowest BCUT2D eigenvalue weighted by Gasteiger charge is -2.06. The van der Waals surface area contributed by atoms with E-state index in [1.165, 1.54) is 6.07 Å². The smallest absolute Gasteiger partial charge is 0.251 e. The first-order valence-corrected chi connectivity index (χ1v) is 6.07. The molecule has 4 heteroatoms. The van der Waals surface area contributed by atoms with Crippen LogP contribution in [0.25, 0.3) is 11.3 Å². The Bertz CT molecular complexity index is 617. The van der Waals surface area contributed by atoms with Crippen molar-refractivity contribution < 1.29 is 0 Å². The van der Waals surface area contributed by atoms with Crippen molar-refractivity contribution in [3.63, 3.8) is 0 Å². The molecule has 0 spiro atoms. The number of aromatic amines is 1. The van der Waals surface area contributed by atoms with Gasteiger partial charge in [0.1, 0.15) is 5.82 Å². The van der Waals surface area contributed by atoms with Crippen molar-refractivity contribution in [3.8, 4) is 11.3 Å². The minimum Gasteiger partial charge on any atom is -0.398 e. The van der Waals surface area contributed by atoms with Crippen LogP contribution in [0.2, 0.25) is 0 Å². The average molecular weight is 243 g/mol. The van der Waals surface area contributed by atoms with Gasteiger partial charge in [0.05, 0.1) is 5.69 Å². The first-order valence-electron chi connectivity index (χ1n) is 6.07. The lowest BCUT2D eigenvalue weighted by Crippen LogP contribution is -2.11. The second-order valence-electron chi connectivity index (χ2n) is 4.40. The monoisotopic (exact) mass is 243 g/mol. The van der Waals surface area contributed by atoms with Gasteiger partial charge in [-0.25, -0.2) is 4.98 Å². The Morgan fingerprint density at radius 3 is 2.78 bits per heavy atom. The normalized spacial score (nSPS) is 10.6. The van der Waals surface area contributed by atoms with Crippen LogP contribution in [0.4, 0.5) is 5.69 Å². The molecule has 0 radical (unpaired) electrons. The van der Waals surface area contributed by atoms with Crippen molar-refractivity contribution in [2.45, 2.75) is 26.7 Å². The number of H-pyrrole nitrogens is 1. The van der Waals surface area contributed by atoms with E-state index in [2.05, 4.69) is 16.9 Å². The highest BCUT2D eigenvalue weighted by Gasteiger charge is 2.05. The molecule has 0 saturated heterocycles. The summed E-state index contributed by atoms with van der Waals surface area (Å²) in [6.45, 7) is 4.00. The van der Waals surface area contributed by atoms with Gasteiger partial charge in [0, 0.05) is 23.7 Å². The van der Waals surface area contributed by atoms with Crippen LogP contribution in [0.15, 0.2) is 29.1 Å². The molecule has 1 heterocycles. The third-order valence-corrected chi connectivity index (χ3v) is 2.85. The van der Waals surface area contributed by atoms with Gasteiger partial charge in [-0.15, -0.1) is 0 Å². The molecule has 2 aromatic rings. The summed E-state index contributed by atoms with van der Waals surface area (Å²) >= 11 is 0. The van der Waals surface area contributed by atoms with Crippen LogP contribution < -0.4 is 11.3 Å². The highest BCUT2D eigenvalue weighted by atomic mass is 16.1. The van der Waals surface area contributed by atoms with Gasteiger partial charge >= 0.3 is 0 Å². The van der Waals surface area contributed by atoms with Gasteiger partial charge in [0.2, 0.25) is 0 Å². The lowest BCUT2D eigenvalue weighted by molar-refractivity contribution is 0.828. The highest BCUT2D eigenvalue weighted by Crippen LogP contribution is 2.21. The maximum atomic E-state index is 11.6. The van der Waals surface area contributed by atoms with Gasteiger partial charge in [-0.3, -0.25) is 4.79 Å². The minimum atomic E-state index is -0.123. The van der Waals surface area contributed by atoms with Crippen molar-refractivity contribution in [2.24, 2.45) is 0 Å². The molecule has 1 aromatic heterocycles. The number of hydrogen-bond donors (Lipinski definition) is 2. The zero-order valence-electron chi connectivity index (χ0n) is 10.7. The molecule has 0 unspecified atom stereocenters. The number of nitrogen functional groups attached to an aromatic ring is 1. The van der Waals surface area contributed by atoms with Gasteiger partial charge in [0.15, 0.2) is 0 Å². The van der Waals surface area contributed by atoms with E-state index in [0.29, 0.717) is 11.4 Å². The summed E-state index contributed by atoms with van der Waals surface area (Å²) < 4.78 is 0. The second-order valence-corrected chi connectivity index (χ2v) is 4.40. The molecule has 3 N–H and O–H groups in total. The van der Waals surface area contributed by atoms with Crippen LogP contribution in [0.5, 0.6) is 0 Å². The maximum Gasteiger partial charge on any atom is 0.251 e. The second kappa shape index (κ2) is 5.04. The predicted molar refractivity (Wildman–Crippen MR) is 73.4 cm³/mol. The molecule has 94 valence electrons. The molecule has 0 bridgehead atoms. The molecule has 0 aliphatic carbocycles. The van der Waals surface area contributed by atoms with Crippen molar-refractivity contribution in [2.75, 3.05) is 5.73 Å². The number of aryl methyl sites for hydroxylation is 2. The number of nitrogens with two attached hydrogens (primary N) is 1. The van der Waals surface area contributed by atoms with Crippen LogP contribution in [0.3, 0.4) is 0 Å². The number of nitrogens with one attached hydrogen (secondary N) is 1. The number of anilines is 1.